The molecule has 0 aliphatic carbocycles. The molecular formula is C14H17N7O. The van der Waals surface area contributed by atoms with Gasteiger partial charge < -0.3 is 10.6 Å². The predicted octanol–water partition coefficient (Wildman–Crippen LogP) is 1.23. The lowest BCUT2D eigenvalue weighted by atomic mass is 10.3. The van der Waals surface area contributed by atoms with Gasteiger partial charge in [-0.3, -0.25) is 10.00 Å². The first-order chi connectivity index (χ1) is 10.6. The topological polar surface area (TPSA) is 108 Å². The number of aromatic nitrogens is 3. The highest BCUT2D eigenvalue weighted by Gasteiger charge is 2.06. The molecule has 3 N–H and O–H groups in total. The SMILES string of the molecule is Cc1cc(NC(=O)NCCNc2ncccc2C#N)n(C)n1. The van der Waals surface area contributed by atoms with Gasteiger partial charge in [-0.15, -0.1) is 0 Å². The summed E-state index contributed by atoms with van der Waals surface area (Å²) >= 11 is 0. The largest absolute Gasteiger partial charge is 0.367 e. The smallest absolute Gasteiger partial charge is 0.320 e. The van der Waals surface area contributed by atoms with Gasteiger partial charge in [0.15, 0.2) is 0 Å². The van der Waals surface area contributed by atoms with Crippen molar-refractivity contribution >= 4 is 17.7 Å². The van der Waals surface area contributed by atoms with Gasteiger partial charge in [0.2, 0.25) is 0 Å². The highest BCUT2D eigenvalue weighted by atomic mass is 16.2. The molecule has 0 spiro atoms. The van der Waals surface area contributed by atoms with Crippen molar-refractivity contribution < 1.29 is 4.79 Å². The minimum absolute atomic E-state index is 0.314. The van der Waals surface area contributed by atoms with Crippen molar-refractivity contribution in [3.63, 3.8) is 0 Å². The Labute approximate surface area is 128 Å². The maximum atomic E-state index is 11.7. The summed E-state index contributed by atoms with van der Waals surface area (Å²) in [7, 11) is 1.76. The highest BCUT2D eigenvalue weighted by Crippen LogP contribution is 2.09. The third-order valence-electron chi connectivity index (χ3n) is 2.87. The first-order valence-corrected chi connectivity index (χ1v) is 6.74. The van der Waals surface area contributed by atoms with E-state index in [1.807, 2.05) is 6.92 Å². The zero-order chi connectivity index (χ0) is 15.9. The minimum Gasteiger partial charge on any atom is -0.367 e. The molecule has 8 nitrogen and oxygen atoms in total. The minimum atomic E-state index is -0.314. The van der Waals surface area contributed by atoms with Crippen molar-refractivity contribution in [2.75, 3.05) is 23.7 Å². The van der Waals surface area contributed by atoms with Gasteiger partial charge in [0.05, 0.1) is 11.3 Å². The second kappa shape index (κ2) is 7.08. The summed E-state index contributed by atoms with van der Waals surface area (Å²) in [5.74, 6) is 1.13. The number of rotatable bonds is 5. The number of nitrogens with one attached hydrogen (secondary N) is 3. The monoisotopic (exact) mass is 299 g/mol. The van der Waals surface area contributed by atoms with Crippen molar-refractivity contribution in [1.82, 2.24) is 20.1 Å². The van der Waals surface area contributed by atoms with Crippen molar-refractivity contribution in [2.24, 2.45) is 7.05 Å². The van der Waals surface area contributed by atoms with Gasteiger partial charge in [-0.2, -0.15) is 10.4 Å². The van der Waals surface area contributed by atoms with Crippen LogP contribution in [0.4, 0.5) is 16.4 Å². The Kier molecular flexibility index (Phi) is 4.93. The van der Waals surface area contributed by atoms with E-state index >= 15 is 0 Å². The van der Waals surface area contributed by atoms with E-state index in [4.69, 9.17) is 5.26 Å². The Morgan fingerprint density at radius 2 is 2.27 bits per heavy atom. The van der Waals surface area contributed by atoms with Gasteiger partial charge in [-0.1, -0.05) is 0 Å². The summed E-state index contributed by atoms with van der Waals surface area (Å²) in [6.45, 7) is 2.71. The third kappa shape index (κ3) is 3.96. The summed E-state index contributed by atoms with van der Waals surface area (Å²) in [5.41, 5.74) is 1.30. The molecule has 0 unspecified atom stereocenters. The van der Waals surface area contributed by atoms with E-state index < -0.39 is 0 Å². The molecule has 0 radical (unpaired) electrons. The number of hydrogen-bond donors (Lipinski definition) is 3. The number of aryl methyl sites for hydroxylation is 2. The Hall–Kier alpha value is -3.08. The molecular weight excluding hydrogens is 282 g/mol. The van der Waals surface area contributed by atoms with E-state index in [-0.39, 0.29) is 6.03 Å². The van der Waals surface area contributed by atoms with Crippen LogP contribution >= 0.6 is 0 Å². The first kappa shape index (κ1) is 15.3. The van der Waals surface area contributed by atoms with Crippen LogP contribution in [-0.4, -0.2) is 33.9 Å². The number of pyridine rings is 1. The fourth-order valence-electron chi connectivity index (χ4n) is 1.88. The molecule has 0 aromatic carbocycles. The van der Waals surface area contributed by atoms with E-state index in [0.29, 0.717) is 30.3 Å². The van der Waals surface area contributed by atoms with Crippen molar-refractivity contribution in [2.45, 2.75) is 6.92 Å². The summed E-state index contributed by atoms with van der Waals surface area (Å²) < 4.78 is 1.60. The molecule has 22 heavy (non-hydrogen) atoms. The molecule has 0 saturated carbocycles. The van der Waals surface area contributed by atoms with E-state index in [1.54, 1.807) is 36.1 Å². The van der Waals surface area contributed by atoms with Crippen LogP contribution in [0.1, 0.15) is 11.3 Å². The average molecular weight is 299 g/mol. The molecule has 0 saturated heterocycles. The maximum Gasteiger partial charge on any atom is 0.320 e. The number of carbonyl (C=O) groups is 1. The van der Waals surface area contributed by atoms with Crippen LogP contribution in [0.25, 0.3) is 0 Å². The predicted molar refractivity (Wildman–Crippen MR) is 82.4 cm³/mol. The van der Waals surface area contributed by atoms with E-state index in [9.17, 15) is 4.79 Å². The fraction of sp³-hybridized carbons (Fsp3) is 0.286. The molecule has 2 aromatic heterocycles. The van der Waals surface area contributed by atoms with Gasteiger partial charge in [0, 0.05) is 32.4 Å². The summed E-state index contributed by atoms with van der Waals surface area (Å²) in [6.07, 6.45) is 1.61. The standard InChI is InChI=1S/C14H17N7O/c1-10-8-12(21(2)20-10)19-14(22)18-7-6-17-13-11(9-15)4-3-5-16-13/h3-5,8H,6-7H2,1-2H3,(H,16,17)(H2,18,19,22). The second-order valence-electron chi connectivity index (χ2n) is 4.61. The second-order valence-corrected chi connectivity index (χ2v) is 4.61. The Bertz CT molecular complexity index is 701. The zero-order valence-electron chi connectivity index (χ0n) is 12.4. The quantitative estimate of drug-likeness (QED) is 0.720. The Morgan fingerprint density at radius 3 is 2.95 bits per heavy atom. The summed E-state index contributed by atoms with van der Waals surface area (Å²) in [5, 5.41) is 21.5. The number of carbonyl (C=O) groups excluding carboxylic acids is 1. The number of nitriles is 1. The van der Waals surface area contributed by atoms with E-state index in [2.05, 4.69) is 32.1 Å². The Morgan fingerprint density at radius 1 is 1.45 bits per heavy atom. The lowest BCUT2D eigenvalue weighted by molar-refractivity contribution is 0.252. The number of hydrogen-bond acceptors (Lipinski definition) is 5. The molecule has 0 bridgehead atoms. The lowest BCUT2D eigenvalue weighted by Gasteiger charge is -2.09. The molecule has 2 heterocycles. The molecule has 114 valence electrons. The van der Waals surface area contributed by atoms with Crippen molar-refractivity contribution in [3.8, 4) is 6.07 Å². The van der Waals surface area contributed by atoms with Crippen LogP contribution in [0.3, 0.4) is 0 Å². The van der Waals surface area contributed by atoms with Gasteiger partial charge in [-0.05, 0) is 19.1 Å². The summed E-state index contributed by atoms with van der Waals surface area (Å²) in [6, 6.07) is 6.90. The summed E-state index contributed by atoms with van der Waals surface area (Å²) in [4.78, 5) is 15.8. The molecule has 0 atom stereocenters. The number of anilines is 2. The fourth-order valence-corrected chi connectivity index (χ4v) is 1.88. The highest BCUT2D eigenvalue weighted by molar-refractivity contribution is 5.88. The first-order valence-electron chi connectivity index (χ1n) is 6.74. The van der Waals surface area contributed by atoms with Crippen LogP contribution in [0.5, 0.6) is 0 Å². The van der Waals surface area contributed by atoms with Gasteiger partial charge in [-0.25, -0.2) is 9.78 Å². The Balaban J connectivity index is 1.76. The number of urea groups is 1. The molecule has 2 amide bonds. The van der Waals surface area contributed by atoms with Gasteiger partial charge >= 0.3 is 6.03 Å². The zero-order valence-corrected chi connectivity index (χ0v) is 12.4. The van der Waals surface area contributed by atoms with Gasteiger partial charge in [0.25, 0.3) is 0 Å². The molecule has 0 aliphatic rings. The third-order valence-corrected chi connectivity index (χ3v) is 2.87. The van der Waals surface area contributed by atoms with Crippen molar-refractivity contribution in [3.05, 3.63) is 35.7 Å². The lowest BCUT2D eigenvalue weighted by Crippen LogP contribution is -2.33. The molecule has 0 aliphatic heterocycles. The van der Waals surface area contributed by atoms with E-state index in [1.165, 1.54) is 0 Å². The normalized spacial score (nSPS) is 9.86. The van der Waals surface area contributed by atoms with Crippen molar-refractivity contribution in [1.29, 1.82) is 5.26 Å². The molecule has 2 aromatic rings. The molecule has 0 fully saturated rings. The van der Waals surface area contributed by atoms with Crippen LogP contribution < -0.4 is 16.0 Å². The van der Waals surface area contributed by atoms with Crippen LogP contribution in [-0.2, 0) is 7.05 Å². The van der Waals surface area contributed by atoms with Crippen LogP contribution in [0.15, 0.2) is 24.4 Å². The van der Waals surface area contributed by atoms with Gasteiger partial charge in [0.1, 0.15) is 17.7 Å². The average Bonchev–Trinajstić information content (AvgIpc) is 2.81. The van der Waals surface area contributed by atoms with Crippen LogP contribution in [0, 0.1) is 18.3 Å². The van der Waals surface area contributed by atoms with E-state index in [0.717, 1.165) is 5.69 Å². The number of nitrogens with zero attached hydrogens (tertiary/aromatic N) is 4. The van der Waals surface area contributed by atoms with Crippen LogP contribution in [0.2, 0.25) is 0 Å². The number of amides is 2. The molecule has 8 heteroatoms. The molecule has 2 rings (SSSR count). The maximum absolute atomic E-state index is 11.7.